The molecule has 0 saturated heterocycles. The van der Waals surface area contributed by atoms with Gasteiger partial charge in [0.2, 0.25) is 0 Å². The summed E-state index contributed by atoms with van der Waals surface area (Å²) in [7, 11) is 0. The molecule has 1 aliphatic rings. The van der Waals surface area contributed by atoms with Gasteiger partial charge in [0.1, 0.15) is 11.4 Å². The van der Waals surface area contributed by atoms with E-state index in [2.05, 4.69) is 4.85 Å². The van der Waals surface area contributed by atoms with E-state index in [1.54, 1.807) is 18.2 Å². The molecule has 3 heteroatoms. The molecule has 1 atom stereocenters. The van der Waals surface area contributed by atoms with Gasteiger partial charge in [-0.25, -0.2) is 9.24 Å². The third-order valence-corrected chi connectivity index (χ3v) is 3.64. The molecule has 0 spiro atoms. The first-order valence-electron chi connectivity index (χ1n) is 6.04. The summed E-state index contributed by atoms with van der Waals surface area (Å²) in [6, 6.07) is 11.9. The van der Waals surface area contributed by atoms with Crippen molar-refractivity contribution in [3.8, 4) is 0 Å². The Morgan fingerprint density at radius 1 is 1.21 bits per heavy atom. The largest absolute Gasteiger partial charge is 0.361 e. The van der Waals surface area contributed by atoms with Crippen molar-refractivity contribution in [2.45, 2.75) is 19.1 Å². The zero-order valence-electron chi connectivity index (χ0n) is 10.5. The second kappa shape index (κ2) is 4.18. The third kappa shape index (κ3) is 1.81. The summed E-state index contributed by atoms with van der Waals surface area (Å²) >= 11 is 0. The highest BCUT2D eigenvalue weighted by Crippen LogP contribution is 2.42. The van der Waals surface area contributed by atoms with Crippen LogP contribution in [0.15, 0.2) is 42.5 Å². The molecule has 0 N–H and O–H groups in total. The topological polar surface area (TPSA) is 13.6 Å². The molecule has 0 amide bonds. The molecule has 19 heavy (non-hydrogen) atoms. The zero-order chi connectivity index (χ0) is 13.5. The van der Waals surface area contributed by atoms with Crippen molar-refractivity contribution in [2.75, 3.05) is 0 Å². The van der Waals surface area contributed by atoms with Crippen LogP contribution in [0.2, 0.25) is 0 Å². The minimum atomic E-state index is -0.566. The van der Waals surface area contributed by atoms with Crippen LogP contribution in [0.4, 0.5) is 10.1 Å². The van der Waals surface area contributed by atoms with Crippen molar-refractivity contribution in [3.05, 3.63) is 76.4 Å². The summed E-state index contributed by atoms with van der Waals surface area (Å²) in [4.78, 5) is 3.43. The van der Waals surface area contributed by atoms with Gasteiger partial charge in [-0.1, -0.05) is 30.3 Å². The lowest BCUT2D eigenvalue weighted by Gasteiger charge is -2.25. The van der Waals surface area contributed by atoms with Crippen LogP contribution in [-0.2, 0) is 16.9 Å². The number of ether oxygens (including phenoxy) is 1. The summed E-state index contributed by atoms with van der Waals surface area (Å²) in [5.74, 6) is -0.256. The summed E-state index contributed by atoms with van der Waals surface area (Å²) in [6.45, 7) is 9.49. The molecule has 2 aromatic rings. The summed E-state index contributed by atoms with van der Waals surface area (Å²) < 4.78 is 18.9. The maximum atomic E-state index is 13.0. The molecule has 0 aromatic heterocycles. The second-order valence-electron chi connectivity index (χ2n) is 4.78. The van der Waals surface area contributed by atoms with E-state index in [4.69, 9.17) is 11.3 Å². The van der Waals surface area contributed by atoms with E-state index in [0.29, 0.717) is 12.3 Å². The smallest absolute Gasteiger partial charge is 0.187 e. The second-order valence-corrected chi connectivity index (χ2v) is 4.78. The van der Waals surface area contributed by atoms with Gasteiger partial charge in [-0.15, -0.1) is 0 Å². The maximum Gasteiger partial charge on any atom is 0.187 e. The predicted octanol–water partition coefficient (Wildman–Crippen LogP) is 4.17. The van der Waals surface area contributed by atoms with Crippen LogP contribution in [0.1, 0.15) is 23.6 Å². The third-order valence-electron chi connectivity index (χ3n) is 3.64. The van der Waals surface area contributed by atoms with Gasteiger partial charge >= 0.3 is 0 Å². The van der Waals surface area contributed by atoms with Crippen LogP contribution in [-0.4, -0.2) is 0 Å². The van der Waals surface area contributed by atoms with Crippen LogP contribution in [0.5, 0.6) is 0 Å². The number of fused-ring (bicyclic) bond motifs is 1. The van der Waals surface area contributed by atoms with E-state index in [-0.39, 0.29) is 5.82 Å². The zero-order valence-corrected chi connectivity index (χ0v) is 10.5. The van der Waals surface area contributed by atoms with Crippen LogP contribution in [0.25, 0.3) is 4.85 Å². The fraction of sp³-hybridized carbons (Fsp3) is 0.188. The lowest BCUT2D eigenvalue weighted by atomic mass is 9.87. The number of hydrogen-bond acceptors (Lipinski definition) is 1. The normalized spacial score (nSPS) is 20.9. The fourth-order valence-electron chi connectivity index (χ4n) is 2.54. The molecule has 94 valence electrons. The summed E-state index contributed by atoms with van der Waals surface area (Å²) in [5.41, 5.74) is 3.05. The van der Waals surface area contributed by atoms with E-state index < -0.39 is 5.60 Å². The molecule has 0 fully saturated rings. The van der Waals surface area contributed by atoms with Crippen molar-refractivity contribution in [1.82, 2.24) is 0 Å². The molecule has 1 heterocycles. The molecular weight excluding hydrogens is 241 g/mol. The quantitative estimate of drug-likeness (QED) is 0.695. The Bertz CT molecular complexity index is 672. The Morgan fingerprint density at radius 2 is 1.95 bits per heavy atom. The van der Waals surface area contributed by atoms with Gasteiger partial charge in [-0.2, -0.15) is 0 Å². The van der Waals surface area contributed by atoms with Gasteiger partial charge in [0.25, 0.3) is 0 Å². The SMILES string of the molecule is [C-]#[N+]c1ccc2c(c1)COC2(C)c1ccc(F)cc1. The fourth-order valence-corrected chi connectivity index (χ4v) is 2.54. The number of rotatable bonds is 1. The Hall–Kier alpha value is -2.18. The van der Waals surface area contributed by atoms with E-state index in [1.165, 1.54) is 12.1 Å². The number of halogens is 1. The van der Waals surface area contributed by atoms with E-state index in [1.807, 2.05) is 19.1 Å². The van der Waals surface area contributed by atoms with Gasteiger partial charge in [-0.05, 0) is 35.7 Å². The summed E-state index contributed by atoms with van der Waals surface area (Å²) in [6.07, 6.45) is 0. The predicted molar refractivity (Wildman–Crippen MR) is 70.3 cm³/mol. The van der Waals surface area contributed by atoms with Crippen LogP contribution >= 0.6 is 0 Å². The van der Waals surface area contributed by atoms with E-state index in [0.717, 1.165) is 16.7 Å². The lowest BCUT2D eigenvalue weighted by molar-refractivity contribution is 0.00967. The van der Waals surface area contributed by atoms with E-state index in [9.17, 15) is 4.39 Å². The van der Waals surface area contributed by atoms with Crippen molar-refractivity contribution in [1.29, 1.82) is 0 Å². The molecule has 1 aliphatic heterocycles. The standard InChI is InChI=1S/C16H12FNO/c1-16(12-3-5-13(17)6-4-12)15-8-7-14(18-2)9-11(15)10-19-16/h3-9H,10H2,1H3. The Balaban J connectivity index is 2.10. The highest BCUT2D eigenvalue weighted by atomic mass is 19.1. The van der Waals surface area contributed by atoms with Crippen molar-refractivity contribution in [2.24, 2.45) is 0 Å². The Kier molecular flexibility index (Phi) is 2.62. The van der Waals surface area contributed by atoms with Gasteiger partial charge in [0.15, 0.2) is 5.69 Å². The minimum absolute atomic E-state index is 0.256. The van der Waals surface area contributed by atoms with Gasteiger partial charge in [0.05, 0.1) is 13.2 Å². The molecule has 2 nitrogen and oxygen atoms in total. The van der Waals surface area contributed by atoms with Gasteiger partial charge in [-0.3, -0.25) is 0 Å². The molecular formula is C16H12FNO. The molecule has 0 aliphatic carbocycles. The van der Waals surface area contributed by atoms with Crippen LogP contribution in [0, 0.1) is 12.4 Å². The first kappa shape index (κ1) is 11.9. The number of hydrogen-bond donors (Lipinski definition) is 0. The van der Waals surface area contributed by atoms with Crippen molar-refractivity contribution >= 4 is 5.69 Å². The maximum absolute atomic E-state index is 13.0. The molecule has 2 aromatic carbocycles. The first-order valence-corrected chi connectivity index (χ1v) is 6.04. The molecule has 0 bridgehead atoms. The lowest BCUT2D eigenvalue weighted by Crippen LogP contribution is -2.22. The van der Waals surface area contributed by atoms with Gasteiger partial charge in [0, 0.05) is 0 Å². The van der Waals surface area contributed by atoms with Gasteiger partial charge < -0.3 is 4.74 Å². The average Bonchev–Trinajstić information content (AvgIpc) is 2.78. The highest BCUT2D eigenvalue weighted by molar-refractivity contribution is 5.54. The molecule has 0 radical (unpaired) electrons. The van der Waals surface area contributed by atoms with E-state index >= 15 is 0 Å². The monoisotopic (exact) mass is 253 g/mol. The van der Waals surface area contributed by atoms with Crippen molar-refractivity contribution in [3.63, 3.8) is 0 Å². The minimum Gasteiger partial charge on any atom is -0.361 e. The molecule has 1 unspecified atom stereocenters. The average molecular weight is 253 g/mol. The number of nitrogens with zero attached hydrogens (tertiary/aromatic N) is 1. The van der Waals surface area contributed by atoms with Crippen LogP contribution in [0.3, 0.4) is 0 Å². The Morgan fingerprint density at radius 3 is 2.63 bits per heavy atom. The molecule has 0 saturated carbocycles. The van der Waals surface area contributed by atoms with Crippen LogP contribution < -0.4 is 0 Å². The molecule has 3 rings (SSSR count). The van der Waals surface area contributed by atoms with Crippen molar-refractivity contribution < 1.29 is 9.13 Å². The summed E-state index contributed by atoms with van der Waals surface area (Å²) in [5, 5.41) is 0. The Labute approximate surface area is 111 Å². The highest BCUT2D eigenvalue weighted by Gasteiger charge is 2.37. The first-order chi connectivity index (χ1) is 9.13. The number of benzene rings is 2.